The Morgan fingerprint density at radius 1 is 1.44 bits per heavy atom. The molecule has 0 saturated carbocycles. The van der Waals surface area contributed by atoms with Crippen molar-refractivity contribution in [2.24, 2.45) is 0 Å². The van der Waals surface area contributed by atoms with Crippen molar-refractivity contribution in [3.8, 4) is 11.5 Å². The van der Waals surface area contributed by atoms with Crippen molar-refractivity contribution in [1.29, 1.82) is 0 Å². The van der Waals surface area contributed by atoms with Gasteiger partial charge in [-0.25, -0.2) is 0 Å². The Balaban J connectivity index is 2.00. The summed E-state index contributed by atoms with van der Waals surface area (Å²) in [6.45, 7) is 2.73. The largest absolute Gasteiger partial charge is 0.454 e. The second-order valence-corrected chi connectivity index (χ2v) is 3.68. The molecule has 1 aromatic rings. The van der Waals surface area contributed by atoms with Crippen molar-refractivity contribution in [3.63, 3.8) is 0 Å². The van der Waals surface area contributed by atoms with Gasteiger partial charge in [-0.3, -0.25) is 4.79 Å². The maximum absolute atomic E-state index is 11.3. The predicted octanol–water partition coefficient (Wildman–Crippen LogP) is 1.83. The first-order valence-electron chi connectivity index (χ1n) is 5.45. The standard InChI is InChI=1S/C12H15NO3/c1-2-4-11(14)13-7-9-5-3-6-10-12(9)16-8-15-10/h3,5-6H,2,4,7-8H2,1H3,(H,13,14). The number of ether oxygens (including phenoxy) is 2. The second-order valence-electron chi connectivity index (χ2n) is 3.68. The van der Waals surface area contributed by atoms with Crippen LogP contribution in [0.15, 0.2) is 18.2 Å². The number of hydrogen-bond acceptors (Lipinski definition) is 3. The minimum atomic E-state index is 0.0685. The molecule has 0 fully saturated rings. The summed E-state index contributed by atoms with van der Waals surface area (Å²) in [5.74, 6) is 1.57. The number of benzene rings is 1. The lowest BCUT2D eigenvalue weighted by atomic mass is 10.2. The molecule has 0 aromatic heterocycles. The average Bonchev–Trinajstić information content (AvgIpc) is 2.75. The summed E-state index contributed by atoms with van der Waals surface area (Å²) in [5, 5.41) is 2.86. The van der Waals surface area contributed by atoms with Gasteiger partial charge < -0.3 is 14.8 Å². The van der Waals surface area contributed by atoms with Crippen LogP contribution in [0.3, 0.4) is 0 Å². The van der Waals surface area contributed by atoms with Crippen LogP contribution in [0.25, 0.3) is 0 Å². The molecule has 16 heavy (non-hydrogen) atoms. The number of fused-ring (bicyclic) bond motifs is 1. The molecule has 0 spiro atoms. The van der Waals surface area contributed by atoms with Gasteiger partial charge in [-0.15, -0.1) is 0 Å². The van der Waals surface area contributed by atoms with Gasteiger partial charge in [-0.05, 0) is 12.5 Å². The fourth-order valence-corrected chi connectivity index (χ4v) is 1.64. The van der Waals surface area contributed by atoms with Crippen molar-refractivity contribution in [2.75, 3.05) is 6.79 Å². The van der Waals surface area contributed by atoms with E-state index in [4.69, 9.17) is 9.47 Å². The van der Waals surface area contributed by atoms with Crippen LogP contribution in [-0.2, 0) is 11.3 Å². The fraction of sp³-hybridized carbons (Fsp3) is 0.417. The van der Waals surface area contributed by atoms with E-state index in [0.29, 0.717) is 13.0 Å². The van der Waals surface area contributed by atoms with Crippen LogP contribution < -0.4 is 14.8 Å². The first-order valence-corrected chi connectivity index (χ1v) is 5.45. The highest BCUT2D eigenvalue weighted by molar-refractivity contribution is 5.75. The third-order valence-corrected chi connectivity index (χ3v) is 2.43. The molecule has 2 rings (SSSR count). The van der Waals surface area contributed by atoms with Crippen LogP contribution in [0.4, 0.5) is 0 Å². The molecule has 1 amide bonds. The Hall–Kier alpha value is -1.71. The number of hydrogen-bond donors (Lipinski definition) is 1. The predicted molar refractivity (Wildman–Crippen MR) is 59.3 cm³/mol. The van der Waals surface area contributed by atoms with Crippen molar-refractivity contribution < 1.29 is 14.3 Å². The third kappa shape index (κ3) is 2.27. The quantitative estimate of drug-likeness (QED) is 0.843. The van der Waals surface area contributed by atoms with Gasteiger partial charge in [0.15, 0.2) is 11.5 Å². The first kappa shape index (κ1) is 10.8. The molecule has 0 radical (unpaired) electrons. The van der Waals surface area contributed by atoms with Crippen molar-refractivity contribution in [3.05, 3.63) is 23.8 Å². The van der Waals surface area contributed by atoms with Crippen LogP contribution in [0.1, 0.15) is 25.3 Å². The average molecular weight is 221 g/mol. The normalized spacial score (nSPS) is 12.6. The summed E-state index contributed by atoms with van der Waals surface area (Å²) in [6, 6.07) is 5.69. The Bertz CT molecular complexity index is 390. The lowest BCUT2D eigenvalue weighted by Crippen LogP contribution is -2.22. The van der Waals surface area contributed by atoms with Gasteiger partial charge in [0.1, 0.15) is 0 Å². The van der Waals surface area contributed by atoms with E-state index in [2.05, 4.69) is 5.32 Å². The van der Waals surface area contributed by atoms with E-state index in [9.17, 15) is 4.79 Å². The van der Waals surface area contributed by atoms with E-state index in [0.717, 1.165) is 23.5 Å². The van der Waals surface area contributed by atoms with Gasteiger partial charge in [0, 0.05) is 18.5 Å². The van der Waals surface area contributed by atoms with Gasteiger partial charge in [0.05, 0.1) is 0 Å². The molecule has 1 heterocycles. The van der Waals surface area contributed by atoms with Crippen LogP contribution in [-0.4, -0.2) is 12.7 Å². The van der Waals surface area contributed by atoms with Gasteiger partial charge in [0.2, 0.25) is 12.7 Å². The molecule has 0 unspecified atom stereocenters. The molecule has 0 saturated heterocycles. The van der Waals surface area contributed by atoms with Crippen LogP contribution >= 0.6 is 0 Å². The van der Waals surface area contributed by atoms with Crippen LogP contribution in [0.2, 0.25) is 0 Å². The summed E-state index contributed by atoms with van der Waals surface area (Å²) >= 11 is 0. The Morgan fingerprint density at radius 3 is 3.12 bits per heavy atom. The minimum Gasteiger partial charge on any atom is -0.454 e. The second kappa shape index (κ2) is 4.88. The van der Waals surface area contributed by atoms with E-state index in [1.807, 2.05) is 25.1 Å². The van der Waals surface area contributed by atoms with Gasteiger partial charge in [0.25, 0.3) is 0 Å². The molecule has 1 aliphatic rings. The SMILES string of the molecule is CCCC(=O)NCc1cccc2c1OCO2. The molecule has 0 bridgehead atoms. The lowest BCUT2D eigenvalue weighted by Gasteiger charge is -2.07. The molecular weight excluding hydrogens is 206 g/mol. The molecule has 1 N–H and O–H groups in total. The zero-order chi connectivity index (χ0) is 11.4. The maximum atomic E-state index is 11.3. The van der Waals surface area contributed by atoms with Crippen LogP contribution in [0, 0.1) is 0 Å². The smallest absolute Gasteiger partial charge is 0.231 e. The van der Waals surface area contributed by atoms with E-state index in [1.165, 1.54) is 0 Å². The minimum absolute atomic E-state index is 0.0685. The summed E-state index contributed by atoms with van der Waals surface area (Å²) in [7, 11) is 0. The van der Waals surface area contributed by atoms with Gasteiger partial charge in [-0.1, -0.05) is 19.1 Å². The monoisotopic (exact) mass is 221 g/mol. The number of carbonyl (C=O) groups is 1. The highest BCUT2D eigenvalue weighted by Gasteiger charge is 2.16. The molecule has 86 valence electrons. The molecule has 4 nitrogen and oxygen atoms in total. The molecule has 4 heteroatoms. The summed E-state index contributed by atoms with van der Waals surface area (Å²) in [5.41, 5.74) is 0.958. The highest BCUT2D eigenvalue weighted by Crippen LogP contribution is 2.35. The lowest BCUT2D eigenvalue weighted by molar-refractivity contribution is -0.121. The number of nitrogens with one attached hydrogen (secondary N) is 1. The Kier molecular flexibility index (Phi) is 3.29. The van der Waals surface area contributed by atoms with E-state index in [-0.39, 0.29) is 12.7 Å². The molecular formula is C12H15NO3. The molecule has 0 aliphatic carbocycles. The highest BCUT2D eigenvalue weighted by atomic mass is 16.7. The third-order valence-electron chi connectivity index (χ3n) is 2.43. The topological polar surface area (TPSA) is 47.6 Å². The number of para-hydroxylation sites is 1. The van der Waals surface area contributed by atoms with Crippen molar-refractivity contribution >= 4 is 5.91 Å². The van der Waals surface area contributed by atoms with E-state index in [1.54, 1.807) is 0 Å². The number of rotatable bonds is 4. The van der Waals surface area contributed by atoms with Crippen molar-refractivity contribution in [1.82, 2.24) is 5.32 Å². The van der Waals surface area contributed by atoms with E-state index < -0.39 is 0 Å². The summed E-state index contributed by atoms with van der Waals surface area (Å²) < 4.78 is 10.6. The molecule has 1 aromatic carbocycles. The molecule has 0 atom stereocenters. The Labute approximate surface area is 94.6 Å². The van der Waals surface area contributed by atoms with Gasteiger partial charge >= 0.3 is 0 Å². The zero-order valence-electron chi connectivity index (χ0n) is 9.29. The molecule has 1 aliphatic heterocycles. The van der Waals surface area contributed by atoms with Crippen LogP contribution in [0.5, 0.6) is 11.5 Å². The maximum Gasteiger partial charge on any atom is 0.231 e. The summed E-state index contributed by atoms with van der Waals surface area (Å²) in [6.07, 6.45) is 1.42. The Morgan fingerprint density at radius 2 is 2.31 bits per heavy atom. The zero-order valence-corrected chi connectivity index (χ0v) is 9.29. The van der Waals surface area contributed by atoms with Crippen molar-refractivity contribution in [2.45, 2.75) is 26.3 Å². The summed E-state index contributed by atoms with van der Waals surface area (Å²) in [4.78, 5) is 11.3. The van der Waals surface area contributed by atoms with E-state index >= 15 is 0 Å². The first-order chi connectivity index (χ1) is 7.81. The van der Waals surface area contributed by atoms with Gasteiger partial charge in [-0.2, -0.15) is 0 Å². The number of carbonyl (C=O) groups excluding carboxylic acids is 1. The number of amides is 1. The fourth-order valence-electron chi connectivity index (χ4n) is 1.64.